The lowest BCUT2D eigenvalue weighted by atomic mass is 10.0. The van der Waals surface area contributed by atoms with Crippen LogP contribution in [0.3, 0.4) is 0 Å². The molecule has 3 amide bonds. The monoisotopic (exact) mass is 494 g/mol. The van der Waals surface area contributed by atoms with Gasteiger partial charge in [0.2, 0.25) is 5.91 Å². The van der Waals surface area contributed by atoms with Gasteiger partial charge in [-0.15, -0.1) is 11.3 Å². The highest BCUT2D eigenvalue weighted by atomic mass is 35.5. The highest BCUT2D eigenvalue weighted by Gasteiger charge is 2.31. The third-order valence-electron chi connectivity index (χ3n) is 6.13. The van der Waals surface area contributed by atoms with Crippen LogP contribution < -0.4 is 16.0 Å². The van der Waals surface area contributed by atoms with Gasteiger partial charge in [-0.25, -0.2) is 0 Å². The van der Waals surface area contributed by atoms with Crippen molar-refractivity contribution in [2.45, 2.75) is 32.0 Å². The topological polar surface area (TPSA) is 95.7 Å². The summed E-state index contributed by atoms with van der Waals surface area (Å²) < 4.78 is 0.529. The molecule has 34 heavy (non-hydrogen) atoms. The molecule has 0 bridgehead atoms. The predicted molar refractivity (Wildman–Crippen MR) is 133 cm³/mol. The average Bonchev–Trinajstić information content (AvgIpc) is 3.40. The van der Waals surface area contributed by atoms with Crippen molar-refractivity contribution < 1.29 is 14.4 Å². The largest absolute Gasteiger partial charge is 0.330 e. The van der Waals surface area contributed by atoms with Gasteiger partial charge < -0.3 is 20.9 Å². The normalized spacial score (nSPS) is 17.8. The van der Waals surface area contributed by atoms with Crippen molar-refractivity contribution in [3.05, 3.63) is 80.5 Å². The maximum Gasteiger partial charge on any atom is 0.265 e. The number of anilines is 2. The molecule has 1 aromatic heterocycles. The number of halogens is 1. The molecule has 2 aliphatic heterocycles. The number of nitrogens with one attached hydrogen (secondary N) is 1. The molecule has 7 nitrogen and oxygen atoms in total. The van der Waals surface area contributed by atoms with E-state index in [1.807, 2.05) is 36.4 Å². The molecule has 0 spiro atoms. The second kappa shape index (κ2) is 9.21. The van der Waals surface area contributed by atoms with Crippen LogP contribution in [0.25, 0.3) is 0 Å². The van der Waals surface area contributed by atoms with Crippen molar-refractivity contribution >= 4 is 52.0 Å². The Hall–Kier alpha value is -3.20. The number of rotatable bonds is 5. The number of nitrogens with two attached hydrogens (primary N) is 1. The van der Waals surface area contributed by atoms with Crippen molar-refractivity contribution in [1.82, 2.24) is 4.90 Å². The molecule has 0 saturated carbocycles. The number of hydrogen-bond acceptors (Lipinski definition) is 5. The maximum atomic E-state index is 13.3. The fraction of sp³-hybridized carbons (Fsp3) is 0.240. The zero-order valence-electron chi connectivity index (χ0n) is 18.3. The molecule has 0 unspecified atom stereocenters. The van der Waals surface area contributed by atoms with Gasteiger partial charge in [0.15, 0.2) is 0 Å². The summed E-state index contributed by atoms with van der Waals surface area (Å²) in [6.45, 7) is 1.48. The first-order chi connectivity index (χ1) is 16.4. The molecule has 2 aliphatic rings. The number of piperidine rings is 1. The van der Waals surface area contributed by atoms with Crippen LogP contribution in [0, 0.1) is 0 Å². The number of nitrogens with zero attached hydrogens (tertiary/aromatic N) is 2. The Bertz CT molecular complexity index is 1290. The van der Waals surface area contributed by atoms with Crippen LogP contribution in [0.2, 0.25) is 4.34 Å². The van der Waals surface area contributed by atoms with Crippen LogP contribution in [-0.4, -0.2) is 35.2 Å². The van der Waals surface area contributed by atoms with Gasteiger partial charge in [0, 0.05) is 25.3 Å². The molecule has 5 rings (SSSR count). The summed E-state index contributed by atoms with van der Waals surface area (Å²) >= 11 is 7.13. The number of amides is 3. The molecular formula is C25H23ClN4O3S. The minimum atomic E-state index is -0.467. The standard InChI is InChI=1S/C25H23ClN4O3S/c26-21-10-9-20(34-21)23(31)28-19-8-2-5-16-14-29(25(33)22(16)19)13-15-4-1-6-17(12-15)30-11-3-7-18(27)24(30)32/h1-2,4-6,8-10,12,18H,3,7,11,13-14,27H2,(H,28,31)/t18-/m0/s1. The fourth-order valence-corrected chi connectivity index (χ4v) is 5.41. The molecule has 0 aliphatic carbocycles. The number of carbonyl (C=O) groups is 3. The van der Waals surface area contributed by atoms with E-state index in [4.69, 9.17) is 17.3 Å². The van der Waals surface area contributed by atoms with Crippen molar-refractivity contribution in [3.63, 3.8) is 0 Å². The molecule has 1 atom stereocenters. The number of hydrogen-bond donors (Lipinski definition) is 2. The van der Waals surface area contributed by atoms with Gasteiger partial charge in [0.25, 0.3) is 11.8 Å². The predicted octanol–water partition coefficient (Wildman–Crippen LogP) is 4.26. The van der Waals surface area contributed by atoms with Gasteiger partial charge >= 0.3 is 0 Å². The zero-order chi connectivity index (χ0) is 23.8. The van der Waals surface area contributed by atoms with E-state index in [2.05, 4.69) is 5.32 Å². The molecule has 1 fully saturated rings. The van der Waals surface area contributed by atoms with E-state index < -0.39 is 6.04 Å². The quantitative estimate of drug-likeness (QED) is 0.553. The minimum absolute atomic E-state index is 0.0690. The van der Waals surface area contributed by atoms with Crippen LogP contribution in [0.15, 0.2) is 54.6 Å². The van der Waals surface area contributed by atoms with Gasteiger partial charge in [0.1, 0.15) is 0 Å². The summed E-state index contributed by atoms with van der Waals surface area (Å²) in [5.41, 5.74) is 9.52. The second-order valence-corrected chi connectivity index (χ2v) is 10.2. The lowest BCUT2D eigenvalue weighted by Gasteiger charge is -2.31. The number of benzene rings is 2. The van der Waals surface area contributed by atoms with Gasteiger partial charge in [-0.3, -0.25) is 14.4 Å². The molecule has 174 valence electrons. The minimum Gasteiger partial charge on any atom is -0.330 e. The first kappa shape index (κ1) is 22.6. The van der Waals surface area contributed by atoms with Crippen LogP contribution in [0.4, 0.5) is 11.4 Å². The molecular weight excluding hydrogens is 472 g/mol. The van der Waals surface area contributed by atoms with E-state index >= 15 is 0 Å². The van der Waals surface area contributed by atoms with E-state index in [9.17, 15) is 14.4 Å². The second-order valence-electron chi connectivity index (χ2n) is 8.47. The third kappa shape index (κ3) is 4.32. The first-order valence-electron chi connectivity index (χ1n) is 11.0. The smallest absolute Gasteiger partial charge is 0.265 e. The van der Waals surface area contributed by atoms with Crippen molar-refractivity contribution in [1.29, 1.82) is 0 Å². The Morgan fingerprint density at radius 2 is 1.97 bits per heavy atom. The number of carbonyl (C=O) groups excluding carboxylic acids is 3. The Kier molecular flexibility index (Phi) is 6.12. The summed E-state index contributed by atoms with van der Waals surface area (Å²) in [6.07, 6.45) is 1.57. The maximum absolute atomic E-state index is 13.3. The molecule has 1 saturated heterocycles. The van der Waals surface area contributed by atoms with Crippen molar-refractivity contribution in [2.24, 2.45) is 5.73 Å². The Morgan fingerprint density at radius 3 is 2.76 bits per heavy atom. The molecule has 9 heteroatoms. The van der Waals surface area contributed by atoms with Crippen molar-refractivity contribution in [2.75, 3.05) is 16.8 Å². The Labute approximate surface area is 206 Å². The molecule has 0 radical (unpaired) electrons. The lowest BCUT2D eigenvalue weighted by molar-refractivity contribution is -0.120. The summed E-state index contributed by atoms with van der Waals surface area (Å²) in [5, 5.41) is 2.86. The Balaban J connectivity index is 1.33. The van der Waals surface area contributed by atoms with Crippen LogP contribution >= 0.6 is 22.9 Å². The van der Waals surface area contributed by atoms with Gasteiger partial charge in [0.05, 0.1) is 26.5 Å². The highest BCUT2D eigenvalue weighted by molar-refractivity contribution is 7.18. The van der Waals surface area contributed by atoms with E-state index in [1.54, 1.807) is 28.0 Å². The summed E-state index contributed by atoms with van der Waals surface area (Å²) in [4.78, 5) is 42.4. The van der Waals surface area contributed by atoms with E-state index in [0.717, 1.165) is 23.2 Å². The Morgan fingerprint density at radius 1 is 1.15 bits per heavy atom. The fourth-order valence-electron chi connectivity index (χ4n) is 4.47. The van der Waals surface area contributed by atoms with Crippen LogP contribution in [0.1, 0.15) is 44.0 Å². The number of fused-ring (bicyclic) bond motifs is 1. The van der Waals surface area contributed by atoms with Gasteiger partial charge in [-0.05, 0) is 54.3 Å². The molecule has 3 heterocycles. The summed E-state index contributed by atoms with van der Waals surface area (Å²) in [6, 6.07) is 16.0. The van der Waals surface area contributed by atoms with E-state index in [0.29, 0.717) is 46.5 Å². The zero-order valence-corrected chi connectivity index (χ0v) is 19.9. The van der Waals surface area contributed by atoms with Gasteiger partial charge in [-0.2, -0.15) is 0 Å². The highest BCUT2D eigenvalue weighted by Crippen LogP contribution is 2.32. The summed E-state index contributed by atoms with van der Waals surface area (Å²) in [7, 11) is 0. The lowest BCUT2D eigenvalue weighted by Crippen LogP contribution is -2.48. The van der Waals surface area contributed by atoms with Crippen LogP contribution in [-0.2, 0) is 17.9 Å². The molecule has 3 N–H and O–H groups in total. The van der Waals surface area contributed by atoms with E-state index in [-0.39, 0.29) is 17.7 Å². The average molecular weight is 495 g/mol. The molecule has 2 aromatic carbocycles. The first-order valence-corrected chi connectivity index (χ1v) is 12.2. The van der Waals surface area contributed by atoms with Crippen molar-refractivity contribution in [3.8, 4) is 0 Å². The number of thiophene rings is 1. The summed E-state index contributed by atoms with van der Waals surface area (Å²) in [5.74, 6) is -0.509. The van der Waals surface area contributed by atoms with Gasteiger partial charge in [-0.1, -0.05) is 35.9 Å². The molecule has 3 aromatic rings. The van der Waals surface area contributed by atoms with Crippen LogP contribution in [0.5, 0.6) is 0 Å². The SMILES string of the molecule is N[C@H]1CCCN(c2cccc(CN3Cc4cccc(NC(=O)c5ccc(Cl)s5)c4C3=O)c2)C1=O. The van der Waals surface area contributed by atoms with E-state index in [1.165, 1.54) is 11.3 Å². The third-order valence-corrected chi connectivity index (χ3v) is 7.36.